The van der Waals surface area contributed by atoms with Crippen LogP contribution in [0.5, 0.6) is 0 Å². The number of hydrogen-bond donors (Lipinski definition) is 0. The SMILES string of the molecule is c1cc2cc3ccsc3nc2s1. The van der Waals surface area contributed by atoms with E-state index in [2.05, 4.69) is 33.9 Å². The van der Waals surface area contributed by atoms with Crippen molar-refractivity contribution in [1.82, 2.24) is 4.98 Å². The summed E-state index contributed by atoms with van der Waals surface area (Å²) in [5.74, 6) is 0. The first-order valence-corrected chi connectivity index (χ1v) is 5.41. The molecule has 0 atom stereocenters. The number of pyridine rings is 1. The van der Waals surface area contributed by atoms with E-state index >= 15 is 0 Å². The third-order valence-electron chi connectivity index (χ3n) is 1.86. The first-order valence-electron chi connectivity index (χ1n) is 3.65. The summed E-state index contributed by atoms with van der Waals surface area (Å²) >= 11 is 3.40. The molecule has 0 unspecified atom stereocenters. The van der Waals surface area contributed by atoms with E-state index in [1.165, 1.54) is 10.8 Å². The van der Waals surface area contributed by atoms with Crippen LogP contribution in [-0.2, 0) is 0 Å². The van der Waals surface area contributed by atoms with Crippen LogP contribution in [0, 0.1) is 0 Å². The minimum Gasteiger partial charge on any atom is -0.226 e. The van der Waals surface area contributed by atoms with Gasteiger partial charge in [-0.25, -0.2) is 4.98 Å². The number of thiophene rings is 2. The summed E-state index contributed by atoms with van der Waals surface area (Å²) in [6.45, 7) is 0. The van der Waals surface area contributed by atoms with Gasteiger partial charge in [0, 0.05) is 10.8 Å². The molecule has 3 heteroatoms. The van der Waals surface area contributed by atoms with Crippen LogP contribution in [0.4, 0.5) is 0 Å². The van der Waals surface area contributed by atoms with Gasteiger partial charge in [0.1, 0.15) is 9.66 Å². The van der Waals surface area contributed by atoms with Crippen LogP contribution in [0.25, 0.3) is 20.4 Å². The summed E-state index contributed by atoms with van der Waals surface area (Å²) in [6, 6.07) is 6.43. The number of aromatic nitrogens is 1. The average molecular weight is 191 g/mol. The average Bonchev–Trinajstić information content (AvgIpc) is 2.64. The van der Waals surface area contributed by atoms with Gasteiger partial charge < -0.3 is 0 Å². The Hall–Kier alpha value is -0.930. The van der Waals surface area contributed by atoms with E-state index < -0.39 is 0 Å². The van der Waals surface area contributed by atoms with Gasteiger partial charge in [0.15, 0.2) is 0 Å². The normalized spacial score (nSPS) is 11.3. The quantitative estimate of drug-likeness (QED) is 0.530. The van der Waals surface area contributed by atoms with E-state index in [-0.39, 0.29) is 0 Å². The van der Waals surface area contributed by atoms with Crippen LogP contribution in [0.2, 0.25) is 0 Å². The van der Waals surface area contributed by atoms with E-state index in [4.69, 9.17) is 0 Å². The lowest BCUT2D eigenvalue weighted by molar-refractivity contribution is 1.60. The summed E-state index contributed by atoms with van der Waals surface area (Å²) in [6.07, 6.45) is 0. The van der Waals surface area contributed by atoms with Crippen molar-refractivity contribution in [3.63, 3.8) is 0 Å². The molecule has 3 rings (SSSR count). The van der Waals surface area contributed by atoms with Gasteiger partial charge in [-0.15, -0.1) is 22.7 Å². The van der Waals surface area contributed by atoms with Crippen molar-refractivity contribution in [2.75, 3.05) is 0 Å². The maximum Gasteiger partial charge on any atom is 0.124 e. The molecule has 0 aliphatic rings. The lowest BCUT2D eigenvalue weighted by Crippen LogP contribution is -1.69. The molecule has 0 amide bonds. The van der Waals surface area contributed by atoms with Crippen LogP contribution in [-0.4, -0.2) is 4.98 Å². The standard InChI is InChI=1S/C9H5NS2/c1-3-11-8-6(1)5-7-2-4-12-9(7)10-8/h1-5H. The van der Waals surface area contributed by atoms with E-state index in [1.54, 1.807) is 22.7 Å². The highest BCUT2D eigenvalue weighted by Gasteiger charge is 2.00. The zero-order valence-electron chi connectivity index (χ0n) is 6.15. The van der Waals surface area contributed by atoms with Crippen LogP contribution in [0.3, 0.4) is 0 Å². The Bertz CT molecular complexity index is 444. The van der Waals surface area contributed by atoms with Crippen LogP contribution in [0.15, 0.2) is 29.0 Å². The lowest BCUT2D eigenvalue weighted by atomic mass is 10.3. The van der Waals surface area contributed by atoms with Crippen molar-refractivity contribution in [2.24, 2.45) is 0 Å². The fourth-order valence-corrected chi connectivity index (χ4v) is 2.84. The molecule has 0 fully saturated rings. The van der Waals surface area contributed by atoms with Gasteiger partial charge in [-0.3, -0.25) is 0 Å². The van der Waals surface area contributed by atoms with Gasteiger partial charge in [0.25, 0.3) is 0 Å². The Labute approximate surface area is 77.3 Å². The van der Waals surface area contributed by atoms with Crippen molar-refractivity contribution in [3.8, 4) is 0 Å². The fourth-order valence-electron chi connectivity index (χ4n) is 1.28. The zero-order valence-corrected chi connectivity index (χ0v) is 7.78. The van der Waals surface area contributed by atoms with Crippen LogP contribution >= 0.6 is 22.7 Å². The number of fused-ring (bicyclic) bond motifs is 2. The highest BCUT2D eigenvalue weighted by atomic mass is 32.1. The minimum absolute atomic E-state index is 1.14. The molecule has 0 spiro atoms. The summed E-state index contributed by atoms with van der Waals surface area (Å²) < 4.78 is 0. The molecule has 0 bridgehead atoms. The maximum atomic E-state index is 4.53. The Morgan fingerprint density at radius 3 is 2.08 bits per heavy atom. The lowest BCUT2D eigenvalue weighted by Gasteiger charge is -1.88. The molecule has 0 aliphatic carbocycles. The van der Waals surface area contributed by atoms with Gasteiger partial charge in [-0.2, -0.15) is 0 Å². The molecule has 3 aromatic heterocycles. The van der Waals surface area contributed by atoms with E-state index in [9.17, 15) is 0 Å². The second-order valence-electron chi connectivity index (χ2n) is 2.62. The van der Waals surface area contributed by atoms with Crippen molar-refractivity contribution in [2.45, 2.75) is 0 Å². The molecular formula is C9H5NS2. The Morgan fingerprint density at radius 2 is 1.50 bits per heavy atom. The molecule has 0 saturated carbocycles. The summed E-state index contributed by atoms with van der Waals surface area (Å²) in [5.41, 5.74) is 0. The largest absolute Gasteiger partial charge is 0.226 e. The van der Waals surface area contributed by atoms with Gasteiger partial charge in [-0.1, -0.05) is 0 Å². The van der Waals surface area contributed by atoms with Crippen molar-refractivity contribution >= 4 is 43.1 Å². The Morgan fingerprint density at radius 1 is 0.917 bits per heavy atom. The van der Waals surface area contributed by atoms with E-state index in [0.717, 1.165) is 9.66 Å². The summed E-state index contributed by atoms with van der Waals surface area (Å²) in [5, 5.41) is 6.68. The van der Waals surface area contributed by atoms with Crippen molar-refractivity contribution in [1.29, 1.82) is 0 Å². The van der Waals surface area contributed by atoms with Crippen LogP contribution in [0.1, 0.15) is 0 Å². The first-order chi connectivity index (χ1) is 5.93. The molecule has 0 N–H and O–H groups in total. The number of rotatable bonds is 0. The highest BCUT2D eigenvalue weighted by Crippen LogP contribution is 2.26. The van der Waals surface area contributed by atoms with Crippen molar-refractivity contribution in [3.05, 3.63) is 29.0 Å². The van der Waals surface area contributed by atoms with E-state index in [0.29, 0.717) is 0 Å². The van der Waals surface area contributed by atoms with Gasteiger partial charge >= 0.3 is 0 Å². The molecule has 0 saturated heterocycles. The van der Waals surface area contributed by atoms with Gasteiger partial charge in [0.05, 0.1) is 0 Å². The second kappa shape index (κ2) is 2.28. The molecular weight excluding hydrogens is 186 g/mol. The molecule has 0 radical (unpaired) electrons. The number of nitrogens with zero attached hydrogens (tertiary/aromatic N) is 1. The Balaban J connectivity index is 2.62. The molecule has 0 aromatic carbocycles. The van der Waals surface area contributed by atoms with E-state index in [1.807, 2.05) is 0 Å². The van der Waals surface area contributed by atoms with Crippen LogP contribution < -0.4 is 0 Å². The summed E-state index contributed by atoms with van der Waals surface area (Å²) in [4.78, 5) is 6.82. The third kappa shape index (κ3) is 0.806. The molecule has 1 nitrogen and oxygen atoms in total. The predicted molar refractivity (Wildman–Crippen MR) is 55.0 cm³/mol. The topological polar surface area (TPSA) is 12.9 Å². The number of hydrogen-bond acceptors (Lipinski definition) is 3. The monoisotopic (exact) mass is 191 g/mol. The molecule has 3 heterocycles. The second-order valence-corrected chi connectivity index (χ2v) is 4.41. The molecule has 3 aromatic rings. The zero-order chi connectivity index (χ0) is 7.97. The minimum atomic E-state index is 1.14. The third-order valence-corrected chi connectivity index (χ3v) is 3.51. The van der Waals surface area contributed by atoms with Gasteiger partial charge in [0.2, 0.25) is 0 Å². The highest BCUT2D eigenvalue weighted by molar-refractivity contribution is 7.18. The smallest absolute Gasteiger partial charge is 0.124 e. The van der Waals surface area contributed by atoms with Gasteiger partial charge in [-0.05, 0) is 29.0 Å². The predicted octanol–water partition coefficient (Wildman–Crippen LogP) is 3.51. The summed E-state index contributed by atoms with van der Waals surface area (Å²) in [7, 11) is 0. The molecule has 58 valence electrons. The fraction of sp³-hybridized carbons (Fsp3) is 0. The maximum absolute atomic E-state index is 4.53. The Kier molecular flexibility index (Phi) is 1.25. The molecule has 0 aliphatic heterocycles. The molecule has 12 heavy (non-hydrogen) atoms. The van der Waals surface area contributed by atoms with Crippen molar-refractivity contribution < 1.29 is 0 Å². The first kappa shape index (κ1) is 6.57.